The number of amides is 1. The van der Waals surface area contributed by atoms with E-state index in [0.29, 0.717) is 58.5 Å². The van der Waals surface area contributed by atoms with Crippen LogP contribution in [0.5, 0.6) is 17.5 Å². The van der Waals surface area contributed by atoms with Crippen molar-refractivity contribution in [2.75, 3.05) is 0 Å². The van der Waals surface area contributed by atoms with Gasteiger partial charge in [-0.25, -0.2) is 9.98 Å². The summed E-state index contributed by atoms with van der Waals surface area (Å²) < 4.78 is 9.81. The highest BCUT2D eigenvalue weighted by atomic mass is 16.5. The molecule has 8 heteroatoms. The van der Waals surface area contributed by atoms with Gasteiger partial charge >= 0.3 is 0 Å². The number of fused-ring (bicyclic) bond motifs is 3. The predicted octanol–water partition coefficient (Wildman–Crippen LogP) is 5.85. The van der Waals surface area contributed by atoms with Gasteiger partial charge in [-0.15, -0.1) is 0 Å². The number of pyridine rings is 1. The molecule has 1 amide bonds. The summed E-state index contributed by atoms with van der Waals surface area (Å²) >= 11 is 0. The number of aromatic nitrogens is 3. The Morgan fingerprint density at radius 2 is 2.03 bits per heavy atom. The molecule has 0 saturated heterocycles. The van der Waals surface area contributed by atoms with E-state index in [1.807, 2.05) is 59.9 Å². The van der Waals surface area contributed by atoms with Gasteiger partial charge in [0.25, 0.3) is 5.91 Å². The molecule has 0 fully saturated rings. The van der Waals surface area contributed by atoms with E-state index in [1.165, 1.54) is 5.57 Å². The van der Waals surface area contributed by atoms with Crippen molar-refractivity contribution in [1.29, 1.82) is 0 Å². The molecule has 0 bridgehead atoms. The van der Waals surface area contributed by atoms with E-state index < -0.39 is 6.17 Å². The maximum absolute atomic E-state index is 13.6. The van der Waals surface area contributed by atoms with E-state index >= 15 is 0 Å². The molecule has 2 atom stereocenters. The molecule has 5 heterocycles. The Balaban J connectivity index is 1.46. The first-order valence-electron chi connectivity index (χ1n) is 13.0. The van der Waals surface area contributed by atoms with Crippen molar-refractivity contribution in [1.82, 2.24) is 14.0 Å². The normalized spacial score (nSPS) is 18.2. The highest BCUT2D eigenvalue weighted by Crippen LogP contribution is 2.45. The molecule has 3 N–H and O–H groups in total. The van der Waals surface area contributed by atoms with E-state index in [1.54, 1.807) is 4.57 Å². The minimum atomic E-state index is -0.474. The molecule has 4 aromatic rings. The van der Waals surface area contributed by atoms with Gasteiger partial charge in [-0.2, -0.15) is 0 Å². The second-order valence-corrected chi connectivity index (χ2v) is 10.1. The second kappa shape index (κ2) is 8.29. The van der Waals surface area contributed by atoms with Crippen molar-refractivity contribution in [2.45, 2.75) is 45.2 Å². The van der Waals surface area contributed by atoms with Crippen molar-refractivity contribution in [2.24, 2.45) is 10.7 Å². The number of imidazole rings is 1. The third-order valence-electron chi connectivity index (χ3n) is 7.63. The first kappa shape index (κ1) is 22.7. The summed E-state index contributed by atoms with van der Waals surface area (Å²) in [6, 6.07) is 13.4. The van der Waals surface area contributed by atoms with Gasteiger partial charge in [-0.3, -0.25) is 13.8 Å². The number of ether oxygens (including phenoxy) is 1. The quantitative estimate of drug-likeness (QED) is 0.311. The number of para-hydroxylation sites is 1. The van der Waals surface area contributed by atoms with Gasteiger partial charge in [0.05, 0.1) is 28.4 Å². The van der Waals surface area contributed by atoms with Crippen LogP contribution in [0.25, 0.3) is 16.9 Å². The van der Waals surface area contributed by atoms with Crippen molar-refractivity contribution in [3.8, 4) is 28.9 Å². The van der Waals surface area contributed by atoms with Crippen LogP contribution in [0.15, 0.2) is 71.3 Å². The minimum Gasteiger partial charge on any atom is -0.494 e. The summed E-state index contributed by atoms with van der Waals surface area (Å²) in [5.74, 6) is 1.52. The number of aliphatic imine (C=N–C) groups is 1. The smallest absolute Gasteiger partial charge is 0.280 e. The molecule has 0 saturated carbocycles. The molecule has 38 heavy (non-hydrogen) atoms. The highest BCUT2D eigenvalue weighted by molar-refractivity contribution is 6.30. The summed E-state index contributed by atoms with van der Waals surface area (Å²) in [6.07, 6.45) is 8.02. The molecule has 0 spiro atoms. The van der Waals surface area contributed by atoms with Crippen LogP contribution >= 0.6 is 0 Å². The lowest BCUT2D eigenvalue weighted by Gasteiger charge is -2.23. The zero-order chi connectivity index (χ0) is 26.1. The van der Waals surface area contributed by atoms with Crippen molar-refractivity contribution in [3.05, 3.63) is 88.8 Å². The number of carbonyl (C=O) groups excluding carboxylic acids is 1. The standard InChI is InChI=1S/C30H27N5O3/c1-3-7-21(31)35-27(17-14-12-16(2)13-15-17)24-23(30(35)37)26(33-29(24)36)25-19-9-6-11-22-34(19)28(32-25)18-8-4-5-10-20(18)38-22/h4-6,8-14,17,21,37H,3,7,15,31H2,1-2H3. The number of aromatic hydroxyl groups is 1. The van der Waals surface area contributed by atoms with Crippen LogP contribution in [0.3, 0.4) is 0 Å². The fraction of sp³-hybridized carbons (Fsp3) is 0.233. The van der Waals surface area contributed by atoms with Crippen LogP contribution in [0.4, 0.5) is 0 Å². The largest absolute Gasteiger partial charge is 0.494 e. The number of nitrogens with two attached hydrogens (primary N) is 1. The average Bonchev–Trinajstić information content (AvgIpc) is 3.56. The van der Waals surface area contributed by atoms with E-state index in [4.69, 9.17) is 15.5 Å². The Labute approximate surface area is 219 Å². The third kappa shape index (κ3) is 3.10. The maximum atomic E-state index is 13.6. The molecular formula is C30H27N5O3. The molecule has 1 aliphatic carbocycles. The van der Waals surface area contributed by atoms with Gasteiger partial charge < -0.3 is 15.6 Å². The Morgan fingerprint density at radius 3 is 2.82 bits per heavy atom. The van der Waals surface area contributed by atoms with Crippen LogP contribution < -0.4 is 10.5 Å². The highest BCUT2D eigenvalue weighted by Gasteiger charge is 2.40. The summed E-state index contributed by atoms with van der Waals surface area (Å²) in [7, 11) is 0. The first-order chi connectivity index (χ1) is 18.5. The van der Waals surface area contributed by atoms with E-state index in [9.17, 15) is 9.90 Å². The molecule has 3 aromatic heterocycles. The topological polar surface area (TPSA) is 107 Å². The lowest BCUT2D eigenvalue weighted by Crippen LogP contribution is -2.22. The zero-order valence-electron chi connectivity index (χ0n) is 21.2. The van der Waals surface area contributed by atoms with Gasteiger partial charge in [0.1, 0.15) is 17.2 Å². The van der Waals surface area contributed by atoms with Gasteiger partial charge in [0.2, 0.25) is 11.8 Å². The number of allylic oxidation sites excluding steroid dienone is 4. The van der Waals surface area contributed by atoms with Crippen LogP contribution in [-0.4, -0.2) is 30.7 Å². The Hall–Kier alpha value is -4.43. The molecule has 2 aliphatic heterocycles. The number of hydrogen-bond donors (Lipinski definition) is 2. The van der Waals surface area contributed by atoms with Gasteiger partial charge in [-0.1, -0.05) is 55.3 Å². The second-order valence-electron chi connectivity index (χ2n) is 10.1. The fourth-order valence-corrected chi connectivity index (χ4v) is 5.87. The zero-order valence-corrected chi connectivity index (χ0v) is 21.2. The Morgan fingerprint density at radius 1 is 1.18 bits per heavy atom. The minimum absolute atomic E-state index is 0.0365. The molecule has 8 nitrogen and oxygen atoms in total. The number of nitrogens with zero attached hydrogens (tertiary/aromatic N) is 4. The van der Waals surface area contributed by atoms with Crippen molar-refractivity contribution >= 4 is 17.1 Å². The summed E-state index contributed by atoms with van der Waals surface area (Å²) in [5, 5.41) is 11.7. The molecule has 3 aliphatic rings. The Bertz CT molecular complexity index is 1750. The maximum Gasteiger partial charge on any atom is 0.280 e. The van der Waals surface area contributed by atoms with Gasteiger partial charge in [-0.05, 0) is 44.0 Å². The third-order valence-corrected chi connectivity index (χ3v) is 7.63. The number of carbonyl (C=O) groups is 1. The van der Waals surface area contributed by atoms with Crippen LogP contribution in [0.2, 0.25) is 0 Å². The molecule has 2 unspecified atom stereocenters. The van der Waals surface area contributed by atoms with Gasteiger partial charge in [0, 0.05) is 11.6 Å². The van der Waals surface area contributed by atoms with Crippen molar-refractivity contribution < 1.29 is 14.6 Å². The van der Waals surface area contributed by atoms with Crippen molar-refractivity contribution in [3.63, 3.8) is 0 Å². The predicted molar refractivity (Wildman–Crippen MR) is 145 cm³/mol. The van der Waals surface area contributed by atoms with Crippen LogP contribution in [0.1, 0.15) is 72.5 Å². The molecular weight excluding hydrogens is 478 g/mol. The SMILES string of the molecule is CCCC(N)n1c(O)c2c(c1C1C=CC(C)=CC1)C(=O)N=C2c1nc2n3c(cccc13)Oc1ccccc1-2. The number of rotatable bonds is 5. The van der Waals surface area contributed by atoms with E-state index in [0.717, 1.165) is 17.5 Å². The monoisotopic (exact) mass is 505 g/mol. The number of hydrogen-bond acceptors (Lipinski definition) is 5. The molecule has 190 valence electrons. The fourth-order valence-electron chi connectivity index (χ4n) is 5.87. The molecule has 0 radical (unpaired) electrons. The summed E-state index contributed by atoms with van der Waals surface area (Å²) in [4.78, 5) is 23.0. The van der Waals surface area contributed by atoms with Gasteiger partial charge in [0.15, 0.2) is 5.82 Å². The summed E-state index contributed by atoms with van der Waals surface area (Å²) in [5.41, 5.74) is 11.8. The van der Waals surface area contributed by atoms with Crippen LogP contribution in [-0.2, 0) is 0 Å². The Kier molecular flexibility index (Phi) is 4.96. The first-order valence-corrected chi connectivity index (χ1v) is 13.0. The number of benzene rings is 1. The molecule has 7 rings (SSSR count). The lowest BCUT2D eigenvalue weighted by atomic mass is 9.91. The lowest BCUT2D eigenvalue weighted by molar-refractivity contribution is 0.100. The van der Waals surface area contributed by atoms with E-state index in [2.05, 4.69) is 24.1 Å². The van der Waals surface area contributed by atoms with Crippen LogP contribution in [0, 0.1) is 0 Å². The molecule has 1 aromatic carbocycles. The summed E-state index contributed by atoms with van der Waals surface area (Å²) in [6.45, 7) is 4.10. The van der Waals surface area contributed by atoms with E-state index in [-0.39, 0.29) is 17.7 Å². The average molecular weight is 506 g/mol.